The molecule has 0 bridgehead atoms. The molecule has 180 valence electrons. The highest BCUT2D eigenvalue weighted by Crippen LogP contribution is 2.40. The van der Waals surface area contributed by atoms with Gasteiger partial charge in [0.25, 0.3) is 5.91 Å². The van der Waals surface area contributed by atoms with Gasteiger partial charge in [-0.25, -0.2) is 14.4 Å². The maximum Gasteiger partial charge on any atom is 0.316 e. The lowest BCUT2D eigenvalue weighted by atomic mass is 9.93. The number of nitrogens with one attached hydrogen (secondary N) is 2. The molecular weight excluding hydrogens is 445 g/mol. The Morgan fingerprint density at radius 1 is 1.00 bits per heavy atom. The van der Waals surface area contributed by atoms with Crippen LogP contribution in [0.5, 0.6) is 23.3 Å². The largest absolute Gasteiger partial charge is 0.493 e. The normalized spacial score (nSPS) is 17.6. The van der Waals surface area contributed by atoms with Crippen LogP contribution in [-0.2, 0) is 0 Å². The minimum absolute atomic E-state index is 0.00871. The average Bonchev–Trinajstić information content (AvgIpc) is 3.36. The molecule has 0 radical (unpaired) electrons. The second-order valence-electron chi connectivity index (χ2n) is 7.83. The number of methoxy groups -OCH3 is 3. The first kappa shape index (κ1) is 23.3. The number of aromatic nitrogens is 4. The first-order valence-corrected chi connectivity index (χ1v) is 10.8. The molecular formula is C23H26FN5O5. The summed E-state index contributed by atoms with van der Waals surface area (Å²) in [5.74, 6) is 0.725. The van der Waals surface area contributed by atoms with Crippen molar-refractivity contribution in [1.29, 1.82) is 0 Å². The number of carbonyl (C=O) groups is 1. The van der Waals surface area contributed by atoms with E-state index in [-0.39, 0.29) is 24.1 Å². The minimum atomic E-state index is -0.508. The predicted molar refractivity (Wildman–Crippen MR) is 120 cm³/mol. The minimum Gasteiger partial charge on any atom is -0.493 e. The number of aromatic amines is 1. The van der Waals surface area contributed by atoms with E-state index >= 15 is 0 Å². The number of hydrogen-bond donors (Lipinski definition) is 2. The molecule has 1 aromatic carbocycles. The molecule has 11 heteroatoms. The fourth-order valence-electron chi connectivity index (χ4n) is 3.91. The molecule has 34 heavy (non-hydrogen) atoms. The molecule has 2 N–H and O–H groups in total. The second kappa shape index (κ2) is 10.4. The summed E-state index contributed by atoms with van der Waals surface area (Å²) in [5, 5.41) is 10.1. The smallest absolute Gasteiger partial charge is 0.316 e. The van der Waals surface area contributed by atoms with Gasteiger partial charge in [0.2, 0.25) is 5.75 Å². The molecule has 0 aliphatic heterocycles. The Bertz CT molecular complexity index is 1100. The van der Waals surface area contributed by atoms with Gasteiger partial charge in [-0.05, 0) is 43.9 Å². The van der Waals surface area contributed by atoms with Crippen LogP contribution in [-0.4, -0.2) is 59.5 Å². The highest BCUT2D eigenvalue weighted by atomic mass is 19.1. The molecule has 0 spiro atoms. The van der Waals surface area contributed by atoms with Crippen LogP contribution in [0.25, 0.3) is 11.3 Å². The monoisotopic (exact) mass is 471 g/mol. The third-order valence-corrected chi connectivity index (χ3v) is 5.66. The van der Waals surface area contributed by atoms with Crippen molar-refractivity contribution in [2.45, 2.75) is 37.8 Å². The number of rotatable bonds is 8. The first-order chi connectivity index (χ1) is 16.5. The lowest BCUT2D eigenvalue weighted by molar-refractivity contribution is 0.0880. The zero-order chi connectivity index (χ0) is 24.1. The maximum atomic E-state index is 12.9. The van der Waals surface area contributed by atoms with E-state index in [1.54, 1.807) is 18.2 Å². The standard InChI is InChI=1S/C23H26FN5O5/c1-31-19-8-13(9-20(32-2)21(19)33-3)17-10-18(29-28-17)22(30)27-15-4-6-16(7-5-15)34-23-25-11-14(24)12-26-23/h8-12,15-16H,4-7H2,1-3H3,(H,27,30)(H,28,29). The fourth-order valence-corrected chi connectivity index (χ4v) is 3.91. The molecule has 2 heterocycles. The van der Waals surface area contributed by atoms with Gasteiger partial charge in [-0.3, -0.25) is 9.89 Å². The second-order valence-corrected chi connectivity index (χ2v) is 7.83. The van der Waals surface area contributed by atoms with Gasteiger partial charge < -0.3 is 24.3 Å². The maximum absolute atomic E-state index is 12.9. The number of nitrogens with zero attached hydrogens (tertiary/aromatic N) is 3. The summed E-state index contributed by atoms with van der Waals surface area (Å²) >= 11 is 0. The third-order valence-electron chi connectivity index (χ3n) is 5.66. The molecule has 1 aliphatic rings. The lowest BCUT2D eigenvalue weighted by Crippen LogP contribution is -2.40. The van der Waals surface area contributed by atoms with Gasteiger partial charge in [0.05, 0.1) is 39.4 Å². The first-order valence-electron chi connectivity index (χ1n) is 10.8. The van der Waals surface area contributed by atoms with E-state index in [2.05, 4.69) is 25.5 Å². The summed E-state index contributed by atoms with van der Waals surface area (Å²) in [4.78, 5) is 20.4. The molecule has 4 rings (SSSR count). The van der Waals surface area contributed by atoms with E-state index in [4.69, 9.17) is 18.9 Å². The van der Waals surface area contributed by atoms with Gasteiger partial charge in [-0.15, -0.1) is 0 Å². The van der Waals surface area contributed by atoms with Crippen molar-refractivity contribution in [2.75, 3.05) is 21.3 Å². The van der Waals surface area contributed by atoms with E-state index in [9.17, 15) is 9.18 Å². The van der Waals surface area contributed by atoms with Crippen molar-refractivity contribution in [2.24, 2.45) is 0 Å². The van der Waals surface area contributed by atoms with Crippen LogP contribution in [0.15, 0.2) is 30.6 Å². The molecule has 1 amide bonds. The Labute approximate surface area is 195 Å². The van der Waals surface area contributed by atoms with Crippen LogP contribution >= 0.6 is 0 Å². The van der Waals surface area contributed by atoms with Crippen LogP contribution in [0.4, 0.5) is 4.39 Å². The molecule has 0 atom stereocenters. The van der Waals surface area contributed by atoms with Gasteiger partial charge in [-0.2, -0.15) is 5.10 Å². The van der Waals surface area contributed by atoms with E-state index in [1.807, 2.05) is 0 Å². The highest BCUT2D eigenvalue weighted by Gasteiger charge is 2.25. The summed E-state index contributed by atoms with van der Waals surface area (Å²) in [6.07, 6.45) is 5.01. The van der Waals surface area contributed by atoms with Crippen molar-refractivity contribution in [1.82, 2.24) is 25.5 Å². The van der Waals surface area contributed by atoms with E-state index in [0.717, 1.165) is 38.1 Å². The molecule has 3 aromatic rings. The number of benzene rings is 1. The molecule has 2 aromatic heterocycles. The number of carbonyl (C=O) groups excluding carboxylic acids is 1. The molecule has 0 saturated heterocycles. The van der Waals surface area contributed by atoms with Crippen LogP contribution in [0.1, 0.15) is 36.2 Å². The summed E-state index contributed by atoms with van der Waals surface area (Å²) in [6.45, 7) is 0. The zero-order valence-corrected chi connectivity index (χ0v) is 19.1. The van der Waals surface area contributed by atoms with Gasteiger partial charge >= 0.3 is 6.01 Å². The van der Waals surface area contributed by atoms with Crippen LogP contribution in [0, 0.1) is 5.82 Å². The number of halogens is 1. The third kappa shape index (κ3) is 5.19. The number of ether oxygens (including phenoxy) is 4. The Morgan fingerprint density at radius 2 is 1.65 bits per heavy atom. The Morgan fingerprint density at radius 3 is 2.24 bits per heavy atom. The Balaban J connectivity index is 1.36. The highest BCUT2D eigenvalue weighted by molar-refractivity contribution is 5.93. The quantitative estimate of drug-likeness (QED) is 0.514. The van der Waals surface area contributed by atoms with Crippen molar-refractivity contribution < 1.29 is 28.1 Å². The summed E-state index contributed by atoms with van der Waals surface area (Å²) < 4.78 is 34.8. The van der Waals surface area contributed by atoms with Crippen LogP contribution in [0.3, 0.4) is 0 Å². The van der Waals surface area contributed by atoms with E-state index in [0.29, 0.717) is 34.2 Å². The van der Waals surface area contributed by atoms with Crippen LogP contribution in [0.2, 0.25) is 0 Å². The van der Waals surface area contributed by atoms with E-state index in [1.165, 1.54) is 21.3 Å². The topological polar surface area (TPSA) is 120 Å². The Hall–Kier alpha value is -3.89. The van der Waals surface area contributed by atoms with Gasteiger partial charge in [-0.1, -0.05) is 0 Å². The van der Waals surface area contributed by atoms with Crippen molar-refractivity contribution >= 4 is 5.91 Å². The molecule has 1 aliphatic carbocycles. The summed E-state index contributed by atoms with van der Waals surface area (Å²) in [6, 6.07) is 5.38. The number of H-pyrrole nitrogens is 1. The predicted octanol–water partition coefficient (Wildman–Crippen LogP) is 3.15. The molecule has 1 saturated carbocycles. The molecule has 10 nitrogen and oxygen atoms in total. The molecule has 0 unspecified atom stereocenters. The average molecular weight is 471 g/mol. The van der Waals surface area contributed by atoms with Gasteiger partial charge in [0.15, 0.2) is 17.3 Å². The summed E-state index contributed by atoms with van der Waals surface area (Å²) in [7, 11) is 4.61. The van der Waals surface area contributed by atoms with Crippen molar-refractivity contribution in [3.63, 3.8) is 0 Å². The number of amides is 1. The molecule has 1 fully saturated rings. The lowest BCUT2D eigenvalue weighted by Gasteiger charge is -2.28. The van der Waals surface area contributed by atoms with Crippen molar-refractivity contribution in [3.05, 3.63) is 42.1 Å². The van der Waals surface area contributed by atoms with E-state index < -0.39 is 5.82 Å². The Kier molecular flexibility index (Phi) is 7.09. The fraction of sp³-hybridized carbons (Fsp3) is 0.391. The van der Waals surface area contributed by atoms with Gasteiger partial charge in [0, 0.05) is 11.6 Å². The summed E-state index contributed by atoms with van der Waals surface area (Å²) in [5.41, 5.74) is 1.63. The SMILES string of the molecule is COc1cc(-c2cc(C(=O)NC3CCC(Oc4ncc(F)cn4)CC3)[nH]n2)cc(OC)c1OC. The van der Waals surface area contributed by atoms with Crippen molar-refractivity contribution in [3.8, 4) is 34.5 Å². The zero-order valence-electron chi connectivity index (χ0n) is 19.1. The van der Waals surface area contributed by atoms with Gasteiger partial charge in [0.1, 0.15) is 11.8 Å². The number of hydrogen-bond acceptors (Lipinski definition) is 8. The van der Waals surface area contributed by atoms with Crippen LogP contribution < -0.4 is 24.3 Å².